The van der Waals surface area contributed by atoms with Crippen LogP contribution in [0, 0.1) is 0 Å². The molecule has 0 amide bonds. The zero-order valence-corrected chi connectivity index (χ0v) is 53.9. The van der Waals surface area contributed by atoms with Crippen molar-refractivity contribution in [2.24, 2.45) is 0 Å². The smallest absolute Gasteiger partial charge is 0.306 e. The second-order valence-electron chi connectivity index (χ2n) is 24.9. The van der Waals surface area contributed by atoms with Gasteiger partial charge in [0, 0.05) is 19.3 Å². The summed E-state index contributed by atoms with van der Waals surface area (Å²) in [6, 6.07) is 0. The molecule has 1 unspecified atom stereocenters. The molecule has 0 saturated heterocycles. The van der Waals surface area contributed by atoms with E-state index in [0.717, 1.165) is 57.8 Å². The minimum Gasteiger partial charge on any atom is -0.462 e. The molecule has 0 N–H and O–H groups in total. The summed E-state index contributed by atoms with van der Waals surface area (Å²) in [4.78, 5) is 38.2. The summed E-state index contributed by atoms with van der Waals surface area (Å²) in [5.74, 6) is -0.836. The molecule has 0 bridgehead atoms. The number of allylic oxidation sites excluding steroid dienone is 2. The number of ether oxygens (including phenoxy) is 3. The van der Waals surface area contributed by atoms with Crippen molar-refractivity contribution in [3.63, 3.8) is 0 Å². The average Bonchev–Trinajstić information content (AvgIpc) is 3.45. The van der Waals surface area contributed by atoms with Crippen molar-refractivity contribution in [2.75, 3.05) is 13.2 Å². The molecule has 0 aliphatic rings. The first-order valence-corrected chi connectivity index (χ1v) is 36.2. The van der Waals surface area contributed by atoms with Gasteiger partial charge in [0.2, 0.25) is 0 Å². The normalized spacial score (nSPS) is 12.0. The first-order chi connectivity index (χ1) is 39.0. The van der Waals surface area contributed by atoms with Crippen molar-refractivity contribution in [1.82, 2.24) is 0 Å². The standard InChI is InChI=1S/C73H140O6/c1-4-7-10-13-16-18-20-22-24-26-28-30-31-32-33-34-35-36-37-38-39-40-41-43-44-46-48-50-52-54-57-60-63-66-72(75)78-69-70(68-77-71(74)65-62-59-56-15-12-9-6-3)79-73(76)67-64-61-58-55-53-51-49-47-45-42-29-27-25-23-21-19-17-14-11-8-5-2/h26,28,70H,4-25,27,29-69H2,1-3H3/b28-26-. The van der Waals surface area contributed by atoms with E-state index in [9.17, 15) is 14.4 Å². The van der Waals surface area contributed by atoms with Gasteiger partial charge < -0.3 is 14.2 Å². The predicted octanol–water partition coefficient (Wildman–Crippen LogP) is 24.8. The number of hydrogen-bond donors (Lipinski definition) is 0. The van der Waals surface area contributed by atoms with E-state index in [0.29, 0.717) is 19.3 Å². The fourth-order valence-corrected chi connectivity index (χ4v) is 11.3. The van der Waals surface area contributed by atoms with E-state index in [-0.39, 0.29) is 31.1 Å². The van der Waals surface area contributed by atoms with E-state index in [2.05, 4.69) is 32.9 Å². The van der Waals surface area contributed by atoms with Crippen LogP contribution in [0.15, 0.2) is 12.2 Å². The van der Waals surface area contributed by atoms with Gasteiger partial charge in [-0.15, -0.1) is 0 Å². The summed E-state index contributed by atoms with van der Waals surface area (Å²) in [5.41, 5.74) is 0. The molecule has 79 heavy (non-hydrogen) atoms. The highest BCUT2D eigenvalue weighted by Gasteiger charge is 2.19. The Bertz CT molecular complexity index is 1230. The molecule has 468 valence electrons. The van der Waals surface area contributed by atoms with Gasteiger partial charge in [0.05, 0.1) is 0 Å². The van der Waals surface area contributed by atoms with Gasteiger partial charge in [0.15, 0.2) is 6.10 Å². The maximum absolute atomic E-state index is 12.9. The van der Waals surface area contributed by atoms with Crippen LogP contribution >= 0.6 is 0 Å². The molecule has 0 rings (SSSR count). The third-order valence-electron chi connectivity index (χ3n) is 16.8. The highest BCUT2D eigenvalue weighted by atomic mass is 16.6. The fraction of sp³-hybridized carbons (Fsp3) is 0.932. The molecule has 0 aliphatic carbocycles. The van der Waals surface area contributed by atoms with Crippen LogP contribution in [0.5, 0.6) is 0 Å². The number of unbranched alkanes of at least 4 members (excludes halogenated alkanes) is 55. The Kier molecular flexibility index (Phi) is 67.0. The summed E-state index contributed by atoms with van der Waals surface area (Å²) in [6.45, 7) is 6.68. The molecule has 6 nitrogen and oxygen atoms in total. The van der Waals surface area contributed by atoms with Crippen molar-refractivity contribution >= 4 is 17.9 Å². The number of rotatable bonds is 68. The maximum atomic E-state index is 12.9. The number of carbonyl (C=O) groups is 3. The van der Waals surface area contributed by atoms with Crippen molar-refractivity contribution in [1.29, 1.82) is 0 Å². The Morgan fingerprint density at radius 3 is 0.633 bits per heavy atom. The Labute approximate surface area is 494 Å². The number of hydrogen-bond acceptors (Lipinski definition) is 6. The summed E-state index contributed by atoms with van der Waals surface area (Å²) >= 11 is 0. The molecule has 1 atom stereocenters. The van der Waals surface area contributed by atoms with Crippen LogP contribution in [-0.2, 0) is 28.6 Å². The molecule has 0 fully saturated rings. The van der Waals surface area contributed by atoms with Gasteiger partial charge in [-0.25, -0.2) is 0 Å². The number of esters is 3. The molecular formula is C73H140O6. The largest absolute Gasteiger partial charge is 0.462 e. The zero-order chi connectivity index (χ0) is 57.1. The SMILES string of the molecule is CCCCCCCCCC/C=C\CCCCCCCCCCCCCCCCCCCCCCCC(=O)OCC(COC(=O)CCCCCCCCC)OC(=O)CCCCCCCCCCCCCCCCCCCCCCC. The Morgan fingerprint density at radius 1 is 0.241 bits per heavy atom. The molecule has 0 spiro atoms. The molecule has 0 saturated carbocycles. The Morgan fingerprint density at radius 2 is 0.418 bits per heavy atom. The van der Waals surface area contributed by atoms with E-state index < -0.39 is 6.10 Å². The average molecular weight is 1110 g/mol. The minimum atomic E-state index is -0.763. The first-order valence-electron chi connectivity index (χ1n) is 36.2. The maximum Gasteiger partial charge on any atom is 0.306 e. The Balaban J connectivity index is 3.94. The van der Waals surface area contributed by atoms with E-state index in [1.54, 1.807) is 0 Å². The van der Waals surface area contributed by atoms with Crippen LogP contribution in [0.3, 0.4) is 0 Å². The summed E-state index contributed by atoms with van der Waals surface area (Å²) in [5, 5.41) is 0. The predicted molar refractivity (Wildman–Crippen MR) is 344 cm³/mol. The van der Waals surface area contributed by atoms with Gasteiger partial charge in [-0.05, 0) is 44.9 Å². The monoisotopic (exact) mass is 1110 g/mol. The second-order valence-corrected chi connectivity index (χ2v) is 24.9. The molecule has 0 aromatic rings. The molecule has 0 aliphatic heterocycles. The van der Waals surface area contributed by atoms with Crippen molar-refractivity contribution in [2.45, 2.75) is 425 Å². The Hall–Kier alpha value is -1.85. The molecule has 6 heteroatoms. The topological polar surface area (TPSA) is 78.9 Å². The molecule has 0 radical (unpaired) electrons. The van der Waals surface area contributed by atoms with Crippen LogP contribution in [0.4, 0.5) is 0 Å². The van der Waals surface area contributed by atoms with E-state index >= 15 is 0 Å². The lowest BCUT2D eigenvalue weighted by molar-refractivity contribution is -0.167. The van der Waals surface area contributed by atoms with Crippen LogP contribution in [0.2, 0.25) is 0 Å². The van der Waals surface area contributed by atoms with Crippen LogP contribution < -0.4 is 0 Å². The summed E-state index contributed by atoms with van der Waals surface area (Å²) < 4.78 is 16.9. The van der Waals surface area contributed by atoms with Gasteiger partial charge in [-0.2, -0.15) is 0 Å². The summed E-state index contributed by atoms with van der Waals surface area (Å²) in [6.07, 6.45) is 82.9. The fourth-order valence-electron chi connectivity index (χ4n) is 11.3. The minimum absolute atomic E-state index is 0.0626. The van der Waals surface area contributed by atoms with Crippen LogP contribution in [0.25, 0.3) is 0 Å². The van der Waals surface area contributed by atoms with Crippen LogP contribution in [-0.4, -0.2) is 37.2 Å². The molecule has 0 aromatic heterocycles. The highest BCUT2D eigenvalue weighted by molar-refractivity contribution is 5.71. The van der Waals surface area contributed by atoms with Gasteiger partial charge >= 0.3 is 17.9 Å². The number of carbonyl (C=O) groups excluding carboxylic acids is 3. The van der Waals surface area contributed by atoms with E-state index in [4.69, 9.17) is 14.2 Å². The van der Waals surface area contributed by atoms with Gasteiger partial charge in [0.25, 0.3) is 0 Å². The lowest BCUT2D eigenvalue weighted by Gasteiger charge is -2.18. The van der Waals surface area contributed by atoms with Crippen LogP contribution in [0.1, 0.15) is 419 Å². The quantitative estimate of drug-likeness (QED) is 0.0261. The van der Waals surface area contributed by atoms with E-state index in [1.165, 1.54) is 321 Å². The van der Waals surface area contributed by atoms with Gasteiger partial charge in [-0.1, -0.05) is 367 Å². The highest BCUT2D eigenvalue weighted by Crippen LogP contribution is 2.19. The van der Waals surface area contributed by atoms with Gasteiger partial charge in [0.1, 0.15) is 13.2 Å². The molecule has 0 heterocycles. The van der Waals surface area contributed by atoms with Crippen molar-refractivity contribution < 1.29 is 28.6 Å². The molecule has 0 aromatic carbocycles. The first kappa shape index (κ1) is 77.2. The molecular weight excluding hydrogens is 973 g/mol. The van der Waals surface area contributed by atoms with Gasteiger partial charge in [-0.3, -0.25) is 14.4 Å². The lowest BCUT2D eigenvalue weighted by Crippen LogP contribution is -2.30. The third-order valence-corrected chi connectivity index (χ3v) is 16.8. The van der Waals surface area contributed by atoms with Crippen molar-refractivity contribution in [3.8, 4) is 0 Å². The lowest BCUT2D eigenvalue weighted by atomic mass is 10.0. The van der Waals surface area contributed by atoms with Crippen molar-refractivity contribution in [3.05, 3.63) is 12.2 Å². The second kappa shape index (κ2) is 68.6. The summed E-state index contributed by atoms with van der Waals surface area (Å²) in [7, 11) is 0. The van der Waals surface area contributed by atoms with E-state index in [1.807, 2.05) is 0 Å². The zero-order valence-electron chi connectivity index (χ0n) is 53.9. The third kappa shape index (κ3) is 66.8.